The number of hydrogen-bond acceptors (Lipinski definition) is 4. The van der Waals surface area contributed by atoms with Crippen LogP contribution >= 0.6 is 0 Å². The quantitative estimate of drug-likeness (QED) is 0.818. The Bertz CT molecular complexity index is 376. The molecule has 98 valence electrons. The Hall–Kier alpha value is -1.46. The highest BCUT2D eigenvalue weighted by Crippen LogP contribution is 2.00. The van der Waals surface area contributed by atoms with E-state index in [2.05, 4.69) is 15.2 Å². The van der Waals surface area contributed by atoms with Crippen molar-refractivity contribution in [3.63, 3.8) is 0 Å². The predicted octanol–water partition coefficient (Wildman–Crippen LogP) is 0.0588. The Balaban J connectivity index is 1.80. The smallest absolute Gasteiger partial charge is 0.272 e. The van der Waals surface area contributed by atoms with Crippen molar-refractivity contribution in [2.45, 2.75) is 0 Å². The van der Waals surface area contributed by atoms with E-state index in [-0.39, 0.29) is 5.91 Å². The second kappa shape index (κ2) is 6.47. The average molecular weight is 248 g/mol. The average Bonchev–Trinajstić information content (AvgIpc) is 2.46. The summed E-state index contributed by atoms with van der Waals surface area (Å²) in [5.74, 6) is -0.00858. The number of nitrogens with zero attached hydrogens (tertiary/aromatic N) is 3. The highest BCUT2D eigenvalue weighted by atomic mass is 16.2. The van der Waals surface area contributed by atoms with Gasteiger partial charge in [0.1, 0.15) is 5.69 Å². The molecular weight excluding hydrogens is 228 g/mol. The van der Waals surface area contributed by atoms with Crippen molar-refractivity contribution in [2.75, 3.05) is 46.3 Å². The van der Waals surface area contributed by atoms with Crippen LogP contribution in [0.4, 0.5) is 0 Å². The molecule has 0 aromatic carbocycles. The molecule has 5 nitrogen and oxygen atoms in total. The highest BCUT2D eigenvalue weighted by molar-refractivity contribution is 5.92. The number of pyridine rings is 1. The third kappa shape index (κ3) is 3.51. The molecule has 0 spiro atoms. The molecule has 5 heteroatoms. The van der Waals surface area contributed by atoms with Crippen LogP contribution in [-0.2, 0) is 0 Å². The van der Waals surface area contributed by atoms with Crippen LogP contribution in [0.15, 0.2) is 24.4 Å². The molecule has 18 heavy (non-hydrogen) atoms. The molecule has 2 heterocycles. The van der Waals surface area contributed by atoms with Gasteiger partial charge in [-0.3, -0.25) is 14.7 Å². The van der Waals surface area contributed by atoms with Gasteiger partial charge in [-0.15, -0.1) is 0 Å². The van der Waals surface area contributed by atoms with Crippen LogP contribution in [0.25, 0.3) is 0 Å². The van der Waals surface area contributed by atoms with Crippen LogP contribution in [0.1, 0.15) is 10.5 Å². The van der Waals surface area contributed by atoms with E-state index in [4.69, 9.17) is 0 Å². The second-order valence-electron chi connectivity index (χ2n) is 4.53. The summed E-state index contributed by atoms with van der Waals surface area (Å²) in [7, 11) is 1.83. The zero-order valence-corrected chi connectivity index (χ0v) is 10.8. The Kier molecular flexibility index (Phi) is 4.66. The van der Waals surface area contributed by atoms with E-state index in [9.17, 15) is 4.79 Å². The third-order valence-corrected chi connectivity index (χ3v) is 3.19. The summed E-state index contributed by atoms with van der Waals surface area (Å²) in [6.45, 7) is 5.87. The van der Waals surface area contributed by atoms with E-state index >= 15 is 0 Å². The van der Waals surface area contributed by atoms with Gasteiger partial charge in [0.2, 0.25) is 0 Å². The SMILES string of the molecule is CN(CCN1CCNCC1)C(=O)c1ccccn1. The van der Waals surface area contributed by atoms with Crippen LogP contribution in [0, 0.1) is 0 Å². The summed E-state index contributed by atoms with van der Waals surface area (Å²) in [6.07, 6.45) is 1.65. The number of aromatic nitrogens is 1. The lowest BCUT2D eigenvalue weighted by atomic mass is 10.3. The van der Waals surface area contributed by atoms with Crippen LogP contribution in [0.2, 0.25) is 0 Å². The highest BCUT2D eigenvalue weighted by Gasteiger charge is 2.14. The maximum atomic E-state index is 12.0. The van der Waals surface area contributed by atoms with Crippen molar-refractivity contribution in [2.24, 2.45) is 0 Å². The number of nitrogens with one attached hydrogen (secondary N) is 1. The minimum Gasteiger partial charge on any atom is -0.339 e. The van der Waals surface area contributed by atoms with E-state index < -0.39 is 0 Å². The monoisotopic (exact) mass is 248 g/mol. The van der Waals surface area contributed by atoms with Gasteiger partial charge in [-0.2, -0.15) is 0 Å². The van der Waals surface area contributed by atoms with Gasteiger partial charge < -0.3 is 10.2 Å². The molecule has 1 aliphatic rings. The molecule has 0 saturated carbocycles. The standard InChI is InChI=1S/C13H20N4O/c1-16(10-11-17-8-6-14-7-9-17)13(18)12-4-2-3-5-15-12/h2-5,14H,6-11H2,1H3. The van der Waals surface area contributed by atoms with Crippen molar-refractivity contribution in [1.29, 1.82) is 0 Å². The van der Waals surface area contributed by atoms with Crippen molar-refractivity contribution in [3.8, 4) is 0 Å². The Labute approximate surface area is 108 Å². The summed E-state index contributed by atoms with van der Waals surface area (Å²) in [6, 6.07) is 5.41. The fourth-order valence-corrected chi connectivity index (χ4v) is 2.01. The molecule has 1 aliphatic heterocycles. The summed E-state index contributed by atoms with van der Waals surface area (Å²) < 4.78 is 0. The number of carbonyl (C=O) groups excluding carboxylic acids is 1. The number of amides is 1. The fourth-order valence-electron chi connectivity index (χ4n) is 2.01. The Morgan fingerprint density at radius 1 is 1.44 bits per heavy atom. The van der Waals surface area contributed by atoms with Gasteiger partial charge in [-0.25, -0.2) is 0 Å². The number of piperazine rings is 1. The van der Waals surface area contributed by atoms with Gasteiger partial charge in [-0.1, -0.05) is 6.07 Å². The Morgan fingerprint density at radius 3 is 2.89 bits per heavy atom. The Morgan fingerprint density at radius 2 is 2.22 bits per heavy atom. The summed E-state index contributed by atoms with van der Waals surface area (Å²) >= 11 is 0. The van der Waals surface area contributed by atoms with Crippen molar-refractivity contribution >= 4 is 5.91 Å². The van der Waals surface area contributed by atoms with Gasteiger partial charge in [-0.05, 0) is 12.1 Å². The molecule has 0 bridgehead atoms. The van der Waals surface area contributed by atoms with E-state index in [1.165, 1.54) is 0 Å². The largest absolute Gasteiger partial charge is 0.339 e. The first-order valence-corrected chi connectivity index (χ1v) is 6.37. The number of likely N-dealkylation sites (N-methyl/N-ethyl adjacent to an activating group) is 1. The molecule has 2 rings (SSSR count). The topological polar surface area (TPSA) is 48.5 Å². The van der Waals surface area contributed by atoms with Crippen LogP contribution in [0.5, 0.6) is 0 Å². The minimum absolute atomic E-state index is 0.00858. The lowest BCUT2D eigenvalue weighted by Gasteiger charge is -2.29. The predicted molar refractivity (Wildman–Crippen MR) is 70.5 cm³/mol. The third-order valence-electron chi connectivity index (χ3n) is 3.19. The lowest BCUT2D eigenvalue weighted by molar-refractivity contribution is 0.0769. The molecule has 1 fully saturated rings. The van der Waals surface area contributed by atoms with Crippen molar-refractivity contribution < 1.29 is 4.79 Å². The van der Waals surface area contributed by atoms with Gasteiger partial charge in [0.05, 0.1) is 0 Å². The van der Waals surface area contributed by atoms with Gasteiger partial charge >= 0.3 is 0 Å². The lowest BCUT2D eigenvalue weighted by Crippen LogP contribution is -2.46. The number of hydrogen-bond donors (Lipinski definition) is 1. The number of carbonyl (C=O) groups is 1. The fraction of sp³-hybridized carbons (Fsp3) is 0.538. The molecule has 1 saturated heterocycles. The van der Waals surface area contributed by atoms with Crippen LogP contribution in [-0.4, -0.2) is 67.0 Å². The first-order valence-electron chi connectivity index (χ1n) is 6.37. The van der Waals surface area contributed by atoms with Gasteiger partial charge in [0.25, 0.3) is 5.91 Å². The zero-order valence-electron chi connectivity index (χ0n) is 10.8. The maximum absolute atomic E-state index is 12.0. The minimum atomic E-state index is -0.00858. The molecule has 0 radical (unpaired) electrons. The molecule has 1 amide bonds. The van der Waals surface area contributed by atoms with Gasteiger partial charge in [0, 0.05) is 52.5 Å². The van der Waals surface area contributed by atoms with E-state index in [0.29, 0.717) is 5.69 Å². The molecular formula is C13H20N4O. The molecule has 0 aliphatic carbocycles. The molecule has 1 N–H and O–H groups in total. The molecule has 1 aromatic rings. The summed E-state index contributed by atoms with van der Waals surface area (Å²) in [5.41, 5.74) is 0.514. The van der Waals surface area contributed by atoms with E-state index in [1.807, 2.05) is 19.2 Å². The van der Waals surface area contributed by atoms with E-state index in [1.54, 1.807) is 17.2 Å². The van der Waals surface area contributed by atoms with Gasteiger partial charge in [0.15, 0.2) is 0 Å². The normalized spacial score (nSPS) is 16.5. The number of rotatable bonds is 4. The summed E-state index contributed by atoms with van der Waals surface area (Å²) in [4.78, 5) is 20.2. The second-order valence-corrected chi connectivity index (χ2v) is 4.53. The van der Waals surface area contributed by atoms with E-state index in [0.717, 1.165) is 39.3 Å². The van der Waals surface area contributed by atoms with Crippen LogP contribution in [0.3, 0.4) is 0 Å². The molecule has 0 unspecified atom stereocenters. The first kappa shape index (κ1) is 13.0. The van der Waals surface area contributed by atoms with Crippen molar-refractivity contribution in [3.05, 3.63) is 30.1 Å². The van der Waals surface area contributed by atoms with Crippen molar-refractivity contribution in [1.82, 2.24) is 20.1 Å². The maximum Gasteiger partial charge on any atom is 0.272 e. The molecule has 0 atom stereocenters. The molecule has 1 aromatic heterocycles. The summed E-state index contributed by atoms with van der Waals surface area (Å²) in [5, 5.41) is 3.32. The van der Waals surface area contributed by atoms with Crippen LogP contribution < -0.4 is 5.32 Å². The first-order chi connectivity index (χ1) is 8.77. The zero-order chi connectivity index (χ0) is 12.8.